The van der Waals surface area contributed by atoms with E-state index in [1.54, 1.807) is 6.07 Å². The zero-order valence-corrected chi connectivity index (χ0v) is 12.8. The van der Waals surface area contributed by atoms with Crippen molar-refractivity contribution in [3.63, 3.8) is 0 Å². The highest BCUT2D eigenvalue weighted by Crippen LogP contribution is 2.40. The third-order valence-corrected chi connectivity index (χ3v) is 2.96. The molecule has 0 atom stereocenters. The lowest BCUT2D eigenvalue weighted by Gasteiger charge is -2.12. The standard InChI is InChI=1S/C12H15F3N2O2S.ClH/c1-19-7-6-16-8-11(18)17-9-4-2-3-5-10(9)20-12(13,14)15;/h2-5,16H,6-8H2,1H3,(H,17,18);1H. The number of halogens is 4. The van der Waals surface area contributed by atoms with Crippen LogP contribution >= 0.6 is 24.2 Å². The average molecular weight is 345 g/mol. The predicted molar refractivity (Wildman–Crippen MR) is 79.0 cm³/mol. The second-order valence-electron chi connectivity index (χ2n) is 3.76. The number of benzene rings is 1. The molecule has 2 N–H and O–H groups in total. The Labute approximate surface area is 131 Å². The summed E-state index contributed by atoms with van der Waals surface area (Å²) in [7, 11) is 1.53. The lowest BCUT2D eigenvalue weighted by molar-refractivity contribution is -0.115. The molecule has 9 heteroatoms. The summed E-state index contributed by atoms with van der Waals surface area (Å²) in [6.45, 7) is 0.949. The Morgan fingerprint density at radius 3 is 2.62 bits per heavy atom. The van der Waals surface area contributed by atoms with Crippen molar-refractivity contribution in [2.45, 2.75) is 10.4 Å². The van der Waals surface area contributed by atoms with E-state index in [0.717, 1.165) is 0 Å². The smallest absolute Gasteiger partial charge is 0.383 e. The average Bonchev–Trinajstić information content (AvgIpc) is 2.35. The third kappa shape index (κ3) is 8.82. The molecular formula is C12H16ClF3N2O2S. The van der Waals surface area contributed by atoms with Gasteiger partial charge in [-0.1, -0.05) is 12.1 Å². The van der Waals surface area contributed by atoms with Gasteiger partial charge < -0.3 is 15.4 Å². The van der Waals surface area contributed by atoms with E-state index in [0.29, 0.717) is 13.2 Å². The van der Waals surface area contributed by atoms with Gasteiger partial charge in [0, 0.05) is 18.6 Å². The van der Waals surface area contributed by atoms with Gasteiger partial charge in [-0.3, -0.25) is 4.79 Å². The molecule has 1 aromatic carbocycles. The zero-order chi connectivity index (χ0) is 15.0. The van der Waals surface area contributed by atoms with E-state index in [9.17, 15) is 18.0 Å². The molecule has 0 spiro atoms. The highest BCUT2D eigenvalue weighted by Gasteiger charge is 2.30. The third-order valence-electron chi connectivity index (χ3n) is 2.16. The van der Waals surface area contributed by atoms with Crippen LogP contribution in [0.2, 0.25) is 0 Å². The second-order valence-corrected chi connectivity index (χ2v) is 4.87. The van der Waals surface area contributed by atoms with E-state index >= 15 is 0 Å². The van der Waals surface area contributed by atoms with Crippen LogP contribution in [0.3, 0.4) is 0 Å². The fourth-order valence-corrected chi connectivity index (χ4v) is 1.98. The molecule has 0 aliphatic rings. The van der Waals surface area contributed by atoms with E-state index in [2.05, 4.69) is 10.6 Å². The summed E-state index contributed by atoms with van der Waals surface area (Å²) in [5, 5.41) is 5.25. The number of amides is 1. The number of carbonyl (C=O) groups excluding carboxylic acids is 1. The van der Waals surface area contributed by atoms with Crippen LogP contribution in [0.1, 0.15) is 0 Å². The van der Waals surface area contributed by atoms with Crippen LogP contribution in [0.15, 0.2) is 29.2 Å². The first kappa shape index (κ1) is 20.0. The van der Waals surface area contributed by atoms with Crippen LogP contribution in [0, 0.1) is 0 Å². The number of carbonyl (C=O) groups is 1. The maximum absolute atomic E-state index is 12.4. The summed E-state index contributed by atoms with van der Waals surface area (Å²) in [4.78, 5) is 11.6. The predicted octanol–water partition coefficient (Wildman–Crippen LogP) is 2.89. The minimum absolute atomic E-state index is 0. The molecule has 0 saturated heterocycles. The van der Waals surface area contributed by atoms with Gasteiger partial charge in [-0.2, -0.15) is 13.2 Å². The molecule has 0 fully saturated rings. The topological polar surface area (TPSA) is 50.4 Å². The van der Waals surface area contributed by atoms with Gasteiger partial charge in [0.2, 0.25) is 5.91 Å². The number of para-hydroxylation sites is 1. The van der Waals surface area contributed by atoms with Crippen LogP contribution in [0.5, 0.6) is 0 Å². The maximum Gasteiger partial charge on any atom is 0.446 e. The van der Waals surface area contributed by atoms with Crippen LogP contribution in [0.25, 0.3) is 0 Å². The van der Waals surface area contributed by atoms with E-state index in [1.807, 2.05) is 0 Å². The highest BCUT2D eigenvalue weighted by atomic mass is 35.5. The quantitative estimate of drug-likeness (QED) is 0.590. The number of thioether (sulfide) groups is 1. The van der Waals surface area contributed by atoms with E-state index in [1.165, 1.54) is 25.3 Å². The number of hydrogen-bond acceptors (Lipinski definition) is 4. The molecule has 0 aliphatic heterocycles. The highest BCUT2D eigenvalue weighted by molar-refractivity contribution is 8.00. The van der Waals surface area contributed by atoms with Crippen LogP contribution < -0.4 is 10.6 Å². The first-order chi connectivity index (χ1) is 9.42. The first-order valence-corrected chi connectivity index (χ1v) is 6.58. The van der Waals surface area contributed by atoms with Gasteiger partial charge in [0.1, 0.15) is 0 Å². The van der Waals surface area contributed by atoms with Crippen molar-refractivity contribution in [3.05, 3.63) is 24.3 Å². The van der Waals surface area contributed by atoms with Crippen molar-refractivity contribution >= 4 is 35.8 Å². The molecule has 4 nitrogen and oxygen atoms in total. The molecule has 1 aromatic rings. The molecule has 0 aliphatic carbocycles. The summed E-state index contributed by atoms with van der Waals surface area (Å²) in [5.74, 6) is -0.406. The first-order valence-electron chi connectivity index (χ1n) is 5.76. The number of hydrogen-bond donors (Lipinski definition) is 2. The number of ether oxygens (including phenoxy) is 1. The molecule has 21 heavy (non-hydrogen) atoms. The fourth-order valence-electron chi connectivity index (χ4n) is 1.35. The molecule has 0 saturated carbocycles. The largest absolute Gasteiger partial charge is 0.446 e. The van der Waals surface area contributed by atoms with Crippen molar-refractivity contribution < 1.29 is 22.7 Å². The number of nitrogens with one attached hydrogen (secondary N) is 2. The maximum atomic E-state index is 12.4. The molecule has 0 radical (unpaired) electrons. The Morgan fingerprint density at radius 2 is 2.00 bits per heavy atom. The van der Waals surface area contributed by atoms with Gasteiger partial charge in [0.15, 0.2) is 0 Å². The Balaban J connectivity index is 0.00000400. The number of alkyl halides is 3. The van der Waals surface area contributed by atoms with Gasteiger partial charge >= 0.3 is 5.51 Å². The van der Waals surface area contributed by atoms with Crippen molar-refractivity contribution in [2.75, 3.05) is 32.1 Å². The van der Waals surface area contributed by atoms with Gasteiger partial charge in [-0.15, -0.1) is 12.4 Å². The molecule has 0 aromatic heterocycles. The minimum Gasteiger partial charge on any atom is -0.383 e. The SMILES string of the molecule is COCCNCC(=O)Nc1ccccc1SC(F)(F)F.Cl. The van der Waals surface area contributed by atoms with Crippen LogP contribution in [0.4, 0.5) is 18.9 Å². The summed E-state index contributed by atoms with van der Waals surface area (Å²) in [6, 6.07) is 5.79. The lowest BCUT2D eigenvalue weighted by Crippen LogP contribution is -2.30. The van der Waals surface area contributed by atoms with Gasteiger partial charge in [0.05, 0.1) is 18.8 Å². The zero-order valence-electron chi connectivity index (χ0n) is 11.2. The Kier molecular flexibility index (Phi) is 9.43. The summed E-state index contributed by atoms with van der Waals surface area (Å²) >= 11 is -0.254. The normalized spacial score (nSPS) is 10.9. The molecule has 0 heterocycles. The van der Waals surface area contributed by atoms with Gasteiger partial charge in [0.25, 0.3) is 0 Å². The summed E-state index contributed by atoms with van der Waals surface area (Å²) in [6.07, 6.45) is 0. The second kappa shape index (κ2) is 9.88. The van der Waals surface area contributed by atoms with Crippen LogP contribution in [-0.2, 0) is 9.53 Å². The van der Waals surface area contributed by atoms with Gasteiger partial charge in [-0.25, -0.2) is 0 Å². The molecule has 1 amide bonds. The Morgan fingerprint density at radius 1 is 1.33 bits per heavy atom. The molecule has 0 unspecified atom stereocenters. The van der Waals surface area contributed by atoms with Crippen molar-refractivity contribution in [1.29, 1.82) is 0 Å². The van der Waals surface area contributed by atoms with Crippen molar-refractivity contribution in [3.8, 4) is 0 Å². The summed E-state index contributed by atoms with van der Waals surface area (Å²) < 4.78 is 41.9. The monoisotopic (exact) mass is 344 g/mol. The van der Waals surface area contributed by atoms with E-state index in [-0.39, 0.29) is 41.3 Å². The molecule has 1 rings (SSSR count). The van der Waals surface area contributed by atoms with Gasteiger partial charge in [-0.05, 0) is 23.9 Å². The van der Waals surface area contributed by atoms with Crippen molar-refractivity contribution in [2.24, 2.45) is 0 Å². The fraction of sp³-hybridized carbons (Fsp3) is 0.417. The molecule has 0 bridgehead atoms. The Hall–Kier alpha value is -0.960. The van der Waals surface area contributed by atoms with E-state index in [4.69, 9.17) is 4.74 Å². The number of anilines is 1. The Bertz CT molecular complexity index is 447. The molecule has 120 valence electrons. The number of methoxy groups -OCH3 is 1. The minimum atomic E-state index is -4.39. The lowest BCUT2D eigenvalue weighted by atomic mass is 10.3. The van der Waals surface area contributed by atoms with Crippen molar-refractivity contribution in [1.82, 2.24) is 5.32 Å². The van der Waals surface area contributed by atoms with E-state index < -0.39 is 11.4 Å². The summed E-state index contributed by atoms with van der Waals surface area (Å²) in [5.41, 5.74) is -4.24. The molecular weight excluding hydrogens is 329 g/mol. The number of rotatable bonds is 7. The van der Waals surface area contributed by atoms with Crippen LogP contribution in [-0.4, -0.2) is 38.2 Å².